The van der Waals surface area contributed by atoms with Gasteiger partial charge in [0.1, 0.15) is 34.2 Å². The van der Waals surface area contributed by atoms with Gasteiger partial charge >= 0.3 is 5.97 Å². The molecule has 0 aliphatic rings. The van der Waals surface area contributed by atoms with Gasteiger partial charge in [-0.25, -0.2) is 9.78 Å². The van der Waals surface area contributed by atoms with Gasteiger partial charge in [0.05, 0.1) is 7.11 Å². The summed E-state index contributed by atoms with van der Waals surface area (Å²) in [4.78, 5) is 18.1. The molecule has 0 bridgehead atoms. The molecule has 2 aromatic heterocycles. The zero-order valence-corrected chi connectivity index (χ0v) is 22.2. The number of hydrogen-bond acceptors (Lipinski definition) is 5. The first-order valence-electron chi connectivity index (χ1n) is 12.2. The van der Waals surface area contributed by atoms with E-state index in [0.717, 1.165) is 34.7 Å². The molecule has 0 saturated heterocycles. The van der Waals surface area contributed by atoms with Crippen molar-refractivity contribution >= 4 is 17.4 Å². The second kappa shape index (κ2) is 9.69. The summed E-state index contributed by atoms with van der Waals surface area (Å²) >= 11 is 0. The van der Waals surface area contributed by atoms with Gasteiger partial charge in [0.25, 0.3) is 0 Å². The van der Waals surface area contributed by atoms with Crippen molar-refractivity contribution in [2.75, 3.05) is 12.4 Å². The van der Waals surface area contributed by atoms with E-state index < -0.39 is 5.97 Å². The molecule has 1 N–H and O–H groups in total. The molecular weight excluding hydrogens is 450 g/mol. The van der Waals surface area contributed by atoms with Crippen LogP contribution in [0.4, 0.5) is 5.82 Å². The quantitative estimate of drug-likeness (QED) is 0.222. The van der Waals surface area contributed by atoms with Crippen LogP contribution in [-0.4, -0.2) is 28.0 Å². The van der Waals surface area contributed by atoms with Crippen LogP contribution in [-0.2, 0) is 0 Å². The Labute approximate surface area is 213 Å². The number of carbonyl (C=O) groups is 1. The van der Waals surface area contributed by atoms with Crippen molar-refractivity contribution < 1.29 is 14.3 Å². The van der Waals surface area contributed by atoms with Crippen LogP contribution in [0.15, 0.2) is 66.9 Å². The molecule has 4 aromatic rings. The Hall–Kier alpha value is -3.80. The van der Waals surface area contributed by atoms with E-state index in [1.165, 1.54) is 7.11 Å². The van der Waals surface area contributed by atoms with Crippen LogP contribution in [0, 0.1) is 12.3 Å². The third kappa shape index (κ3) is 5.54. The second-order valence-electron chi connectivity index (χ2n) is 11.1. The number of aromatic nitrogens is 2. The smallest absolute Gasteiger partial charge is 0.347 e. The number of esters is 1. The number of para-hydroxylation sites is 2. The lowest BCUT2D eigenvalue weighted by atomic mass is 9.82. The molecule has 0 aliphatic heterocycles. The number of ether oxygens (including phenoxy) is 2. The molecule has 0 saturated carbocycles. The Morgan fingerprint density at radius 1 is 0.972 bits per heavy atom. The number of fused-ring (bicyclic) bond motifs is 1. The summed E-state index contributed by atoms with van der Waals surface area (Å²) in [5, 5.41) is 3.75. The van der Waals surface area contributed by atoms with Crippen molar-refractivity contribution in [3.8, 4) is 22.8 Å². The van der Waals surface area contributed by atoms with E-state index in [4.69, 9.17) is 14.5 Å². The van der Waals surface area contributed by atoms with Crippen molar-refractivity contribution in [2.45, 2.75) is 53.5 Å². The van der Waals surface area contributed by atoms with Gasteiger partial charge in [-0.05, 0) is 74.6 Å². The Bertz CT molecular complexity index is 1400. The van der Waals surface area contributed by atoms with Gasteiger partial charge in [-0.1, -0.05) is 45.0 Å². The number of carbonyl (C=O) groups excluding carboxylic acids is 1. The number of anilines is 1. The summed E-state index contributed by atoms with van der Waals surface area (Å²) in [6.07, 6.45) is 2.98. The lowest BCUT2D eigenvalue weighted by Crippen LogP contribution is -2.36. The molecule has 2 heterocycles. The summed E-state index contributed by atoms with van der Waals surface area (Å²) in [5.74, 6) is 1.28. The standard InChI is InChI=1S/C30H35N3O3/c1-20-16-17-33-25(18-20)31-26(27(33)32-30(5,6)19-29(2,3)4)21-12-8-11-15-24(21)36-28(34)22-13-9-10-14-23(22)35-7/h8-18,32H,19H2,1-7H3. The Morgan fingerprint density at radius 3 is 2.33 bits per heavy atom. The van der Waals surface area contributed by atoms with Crippen LogP contribution in [0.3, 0.4) is 0 Å². The highest BCUT2D eigenvalue weighted by Gasteiger charge is 2.29. The Balaban J connectivity index is 1.80. The molecule has 2 aromatic carbocycles. The maximum absolute atomic E-state index is 13.1. The SMILES string of the molecule is COc1ccccc1C(=O)Oc1ccccc1-c1nc2cc(C)ccn2c1NC(C)(C)CC(C)(C)C. The molecule has 0 spiro atoms. The van der Waals surface area contributed by atoms with Gasteiger partial charge in [-0.2, -0.15) is 0 Å². The second-order valence-corrected chi connectivity index (χ2v) is 11.1. The molecule has 188 valence electrons. The van der Waals surface area contributed by atoms with Crippen molar-refractivity contribution in [3.63, 3.8) is 0 Å². The number of benzene rings is 2. The first-order chi connectivity index (χ1) is 17.0. The van der Waals surface area contributed by atoms with Gasteiger partial charge in [0.15, 0.2) is 0 Å². The molecular formula is C30H35N3O3. The first kappa shape index (κ1) is 25.3. The van der Waals surface area contributed by atoms with E-state index in [1.807, 2.05) is 37.4 Å². The number of hydrogen-bond donors (Lipinski definition) is 1. The third-order valence-electron chi connectivity index (χ3n) is 5.88. The predicted octanol–water partition coefficient (Wildman–Crippen LogP) is 7.16. The van der Waals surface area contributed by atoms with Crippen molar-refractivity contribution in [2.24, 2.45) is 5.41 Å². The minimum Gasteiger partial charge on any atom is -0.496 e. The fraction of sp³-hybridized carbons (Fsp3) is 0.333. The van der Waals surface area contributed by atoms with E-state index >= 15 is 0 Å². The molecule has 6 nitrogen and oxygen atoms in total. The van der Waals surface area contributed by atoms with Gasteiger partial charge in [-0.3, -0.25) is 4.40 Å². The van der Waals surface area contributed by atoms with E-state index in [9.17, 15) is 4.79 Å². The van der Waals surface area contributed by atoms with E-state index in [1.54, 1.807) is 24.3 Å². The maximum Gasteiger partial charge on any atom is 0.347 e. The molecule has 36 heavy (non-hydrogen) atoms. The number of nitrogens with zero attached hydrogens (tertiary/aromatic N) is 2. The average Bonchev–Trinajstić information content (AvgIpc) is 3.14. The number of methoxy groups -OCH3 is 1. The highest BCUT2D eigenvalue weighted by Crippen LogP contribution is 2.39. The van der Waals surface area contributed by atoms with Crippen LogP contribution < -0.4 is 14.8 Å². The van der Waals surface area contributed by atoms with Crippen molar-refractivity contribution in [3.05, 3.63) is 78.0 Å². The largest absolute Gasteiger partial charge is 0.496 e. The zero-order valence-electron chi connectivity index (χ0n) is 22.2. The lowest BCUT2D eigenvalue weighted by molar-refractivity contribution is 0.0732. The average molecular weight is 486 g/mol. The summed E-state index contributed by atoms with van der Waals surface area (Å²) in [6, 6.07) is 18.7. The van der Waals surface area contributed by atoms with Crippen molar-refractivity contribution in [1.29, 1.82) is 0 Å². The minimum atomic E-state index is -0.484. The van der Waals surface area contributed by atoms with Gasteiger partial charge in [0, 0.05) is 17.3 Å². The maximum atomic E-state index is 13.1. The molecule has 0 fully saturated rings. The third-order valence-corrected chi connectivity index (χ3v) is 5.88. The molecule has 0 radical (unpaired) electrons. The number of pyridine rings is 1. The van der Waals surface area contributed by atoms with Gasteiger partial charge < -0.3 is 14.8 Å². The molecule has 4 rings (SSSR count). The normalized spacial score (nSPS) is 12.0. The number of rotatable bonds is 7. The summed E-state index contributed by atoms with van der Waals surface area (Å²) in [5.41, 5.74) is 3.69. The van der Waals surface area contributed by atoms with Gasteiger partial charge in [0.2, 0.25) is 0 Å². The molecule has 0 aliphatic carbocycles. The Morgan fingerprint density at radius 2 is 1.64 bits per heavy atom. The number of imidazole rings is 1. The van der Waals surface area contributed by atoms with Crippen LogP contribution in [0.25, 0.3) is 16.9 Å². The topological polar surface area (TPSA) is 64.9 Å². The van der Waals surface area contributed by atoms with Gasteiger partial charge in [-0.15, -0.1) is 0 Å². The van der Waals surface area contributed by atoms with E-state index in [-0.39, 0.29) is 11.0 Å². The summed E-state index contributed by atoms with van der Waals surface area (Å²) < 4.78 is 13.3. The minimum absolute atomic E-state index is 0.135. The van der Waals surface area contributed by atoms with Crippen LogP contribution in [0.5, 0.6) is 11.5 Å². The summed E-state index contributed by atoms with van der Waals surface area (Å²) in [6.45, 7) is 13.2. The van der Waals surface area contributed by atoms with Crippen LogP contribution in [0.2, 0.25) is 0 Å². The monoisotopic (exact) mass is 485 g/mol. The number of aryl methyl sites for hydroxylation is 1. The highest BCUT2D eigenvalue weighted by molar-refractivity contribution is 5.95. The zero-order chi connectivity index (χ0) is 26.1. The fourth-order valence-electron chi connectivity index (χ4n) is 4.86. The predicted molar refractivity (Wildman–Crippen MR) is 145 cm³/mol. The van der Waals surface area contributed by atoms with E-state index in [2.05, 4.69) is 56.5 Å². The molecule has 0 amide bonds. The van der Waals surface area contributed by atoms with Crippen LogP contribution >= 0.6 is 0 Å². The molecule has 0 atom stereocenters. The van der Waals surface area contributed by atoms with Crippen LogP contribution in [0.1, 0.15) is 57.0 Å². The molecule has 0 unspecified atom stereocenters. The Kier molecular flexibility index (Phi) is 6.81. The summed E-state index contributed by atoms with van der Waals surface area (Å²) in [7, 11) is 1.54. The van der Waals surface area contributed by atoms with Crippen molar-refractivity contribution in [1.82, 2.24) is 9.38 Å². The fourth-order valence-corrected chi connectivity index (χ4v) is 4.86. The number of nitrogens with one attached hydrogen (secondary N) is 1. The van der Waals surface area contributed by atoms with E-state index in [0.29, 0.717) is 17.1 Å². The molecule has 6 heteroatoms. The lowest BCUT2D eigenvalue weighted by Gasteiger charge is -2.34. The first-order valence-corrected chi connectivity index (χ1v) is 12.2. The highest BCUT2D eigenvalue weighted by atomic mass is 16.5.